The Kier molecular flexibility index (Phi) is 3.96. The summed E-state index contributed by atoms with van der Waals surface area (Å²) in [5, 5.41) is 13.2. The second-order valence-corrected chi connectivity index (χ2v) is 4.63. The van der Waals surface area contributed by atoms with Gasteiger partial charge in [0.05, 0.1) is 17.2 Å². The number of likely N-dealkylation sites (N-methyl/N-ethyl adjacent to an activating group) is 1. The number of halogens is 3. The number of aliphatic hydroxyl groups is 1. The lowest BCUT2D eigenvalue weighted by atomic mass is 10.00. The fourth-order valence-electron chi connectivity index (χ4n) is 2.22. The first kappa shape index (κ1) is 14.7. The van der Waals surface area contributed by atoms with E-state index in [1.54, 1.807) is 26.1 Å². The van der Waals surface area contributed by atoms with Crippen molar-refractivity contribution in [3.63, 3.8) is 0 Å². The normalized spacial score (nSPS) is 13.7. The highest BCUT2D eigenvalue weighted by Gasteiger charge is 2.33. The zero-order chi connectivity index (χ0) is 14.9. The minimum absolute atomic E-state index is 0.120. The number of pyridine rings is 1. The van der Waals surface area contributed by atoms with Crippen LogP contribution in [0.3, 0.4) is 0 Å². The van der Waals surface area contributed by atoms with Crippen molar-refractivity contribution in [2.45, 2.75) is 19.2 Å². The molecule has 1 aromatic heterocycles. The van der Waals surface area contributed by atoms with Gasteiger partial charge in [0.2, 0.25) is 0 Å². The lowest BCUT2D eigenvalue weighted by Crippen LogP contribution is -2.17. The summed E-state index contributed by atoms with van der Waals surface area (Å²) in [7, 11) is 1.67. The zero-order valence-electron chi connectivity index (χ0n) is 11.1. The van der Waals surface area contributed by atoms with Crippen molar-refractivity contribution in [1.29, 1.82) is 0 Å². The highest BCUT2D eigenvalue weighted by Crippen LogP contribution is 2.36. The van der Waals surface area contributed by atoms with Gasteiger partial charge >= 0.3 is 6.18 Å². The second kappa shape index (κ2) is 5.38. The van der Waals surface area contributed by atoms with Crippen LogP contribution in [0.15, 0.2) is 24.3 Å². The smallest absolute Gasteiger partial charge is 0.387 e. The van der Waals surface area contributed by atoms with Gasteiger partial charge in [0.25, 0.3) is 0 Å². The highest BCUT2D eigenvalue weighted by molar-refractivity contribution is 5.86. The van der Waals surface area contributed by atoms with Crippen LogP contribution in [0, 0.1) is 6.92 Å². The number of hydrogen-bond donors (Lipinski definition) is 2. The van der Waals surface area contributed by atoms with Crippen LogP contribution >= 0.6 is 0 Å². The van der Waals surface area contributed by atoms with Gasteiger partial charge in [-0.3, -0.25) is 4.98 Å². The average molecular weight is 284 g/mol. The fourth-order valence-corrected chi connectivity index (χ4v) is 2.22. The van der Waals surface area contributed by atoms with E-state index in [0.29, 0.717) is 16.6 Å². The summed E-state index contributed by atoms with van der Waals surface area (Å²) in [6.45, 7) is 1.87. The van der Waals surface area contributed by atoms with Crippen LogP contribution < -0.4 is 5.32 Å². The molecule has 20 heavy (non-hydrogen) atoms. The van der Waals surface area contributed by atoms with E-state index in [9.17, 15) is 18.3 Å². The Morgan fingerprint density at radius 1 is 1.35 bits per heavy atom. The van der Waals surface area contributed by atoms with Crippen LogP contribution in [-0.2, 0) is 6.18 Å². The molecule has 6 heteroatoms. The topological polar surface area (TPSA) is 45.1 Å². The molecule has 1 heterocycles. The van der Waals surface area contributed by atoms with E-state index in [1.807, 2.05) is 0 Å². The maximum absolute atomic E-state index is 13.0. The Labute approximate surface area is 114 Å². The van der Waals surface area contributed by atoms with Gasteiger partial charge in [-0.1, -0.05) is 12.1 Å². The molecule has 0 saturated carbocycles. The van der Waals surface area contributed by atoms with Crippen LogP contribution in [-0.4, -0.2) is 23.7 Å². The molecule has 2 aromatic rings. The molecule has 2 N–H and O–H groups in total. The van der Waals surface area contributed by atoms with Gasteiger partial charge in [-0.15, -0.1) is 0 Å². The molecule has 1 atom stereocenters. The third-order valence-electron chi connectivity index (χ3n) is 3.06. The molecule has 0 bridgehead atoms. The Morgan fingerprint density at radius 3 is 2.65 bits per heavy atom. The van der Waals surface area contributed by atoms with Gasteiger partial charge in [-0.05, 0) is 31.7 Å². The minimum Gasteiger partial charge on any atom is -0.387 e. The van der Waals surface area contributed by atoms with E-state index < -0.39 is 17.8 Å². The molecule has 0 fully saturated rings. The van der Waals surface area contributed by atoms with Gasteiger partial charge in [0, 0.05) is 17.6 Å². The Balaban J connectivity index is 2.73. The van der Waals surface area contributed by atoms with Crippen LogP contribution in [0.4, 0.5) is 13.2 Å². The number of rotatable bonds is 3. The summed E-state index contributed by atoms with van der Waals surface area (Å²) in [5.74, 6) is 0. The van der Waals surface area contributed by atoms with Crippen molar-refractivity contribution >= 4 is 10.9 Å². The van der Waals surface area contributed by atoms with Crippen molar-refractivity contribution in [1.82, 2.24) is 10.3 Å². The van der Waals surface area contributed by atoms with Crippen molar-refractivity contribution < 1.29 is 18.3 Å². The van der Waals surface area contributed by atoms with E-state index in [2.05, 4.69) is 10.3 Å². The molecule has 0 aliphatic rings. The highest BCUT2D eigenvalue weighted by atomic mass is 19.4. The van der Waals surface area contributed by atoms with E-state index >= 15 is 0 Å². The monoisotopic (exact) mass is 284 g/mol. The molecular weight excluding hydrogens is 269 g/mol. The maximum Gasteiger partial charge on any atom is 0.418 e. The van der Waals surface area contributed by atoms with E-state index in [4.69, 9.17) is 0 Å². The quantitative estimate of drug-likeness (QED) is 0.911. The number of aliphatic hydroxyl groups excluding tert-OH is 1. The SMILES string of the molecule is CNCC(O)c1cc(C)nc2c(C(F)(F)F)cccc12. The third-order valence-corrected chi connectivity index (χ3v) is 3.06. The first-order valence-corrected chi connectivity index (χ1v) is 6.14. The number of fused-ring (bicyclic) bond motifs is 1. The van der Waals surface area contributed by atoms with Gasteiger partial charge < -0.3 is 10.4 Å². The molecule has 108 valence electrons. The summed E-state index contributed by atoms with van der Waals surface area (Å²) in [6, 6.07) is 5.50. The molecule has 0 spiro atoms. The lowest BCUT2D eigenvalue weighted by molar-refractivity contribution is -0.136. The number of aryl methyl sites for hydroxylation is 1. The third kappa shape index (κ3) is 2.76. The average Bonchev–Trinajstić information content (AvgIpc) is 2.36. The Bertz CT molecular complexity index is 626. The number of aromatic nitrogens is 1. The predicted molar refractivity (Wildman–Crippen MR) is 70.4 cm³/mol. The Hall–Kier alpha value is -1.66. The predicted octanol–water partition coefficient (Wildman–Crippen LogP) is 2.81. The first-order chi connectivity index (χ1) is 9.34. The minimum atomic E-state index is -4.47. The number of nitrogens with one attached hydrogen (secondary N) is 1. The number of nitrogens with zero attached hydrogens (tertiary/aromatic N) is 1. The molecule has 2 rings (SSSR count). The van der Waals surface area contributed by atoms with Crippen molar-refractivity contribution in [2.24, 2.45) is 0 Å². The standard InChI is InChI=1S/C14H15F3N2O/c1-8-6-10(12(20)7-18-2)9-4-3-5-11(13(9)19-8)14(15,16)17/h3-6,12,18,20H,7H2,1-2H3. The van der Waals surface area contributed by atoms with Crippen molar-refractivity contribution in [2.75, 3.05) is 13.6 Å². The second-order valence-electron chi connectivity index (χ2n) is 4.63. The van der Waals surface area contributed by atoms with Crippen LogP contribution in [0.5, 0.6) is 0 Å². The Morgan fingerprint density at radius 2 is 2.05 bits per heavy atom. The number of para-hydroxylation sites is 1. The molecule has 0 saturated heterocycles. The van der Waals surface area contributed by atoms with Crippen LogP contribution in [0.1, 0.15) is 22.9 Å². The van der Waals surface area contributed by atoms with Gasteiger partial charge in [-0.25, -0.2) is 0 Å². The van der Waals surface area contributed by atoms with Gasteiger partial charge in [0.15, 0.2) is 0 Å². The molecule has 0 aliphatic heterocycles. The van der Waals surface area contributed by atoms with Crippen LogP contribution in [0.25, 0.3) is 10.9 Å². The molecular formula is C14H15F3N2O. The summed E-state index contributed by atoms with van der Waals surface area (Å²) < 4.78 is 39.0. The largest absolute Gasteiger partial charge is 0.418 e. The van der Waals surface area contributed by atoms with Crippen molar-refractivity contribution in [3.05, 3.63) is 41.1 Å². The molecule has 1 unspecified atom stereocenters. The van der Waals surface area contributed by atoms with Gasteiger partial charge in [-0.2, -0.15) is 13.2 Å². The fraction of sp³-hybridized carbons (Fsp3) is 0.357. The number of hydrogen-bond acceptors (Lipinski definition) is 3. The van der Waals surface area contributed by atoms with E-state index in [0.717, 1.165) is 6.07 Å². The first-order valence-electron chi connectivity index (χ1n) is 6.14. The molecule has 0 amide bonds. The molecule has 3 nitrogen and oxygen atoms in total. The zero-order valence-corrected chi connectivity index (χ0v) is 11.1. The number of benzene rings is 1. The summed E-state index contributed by atoms with van der Waals surface area (Å²) in [4.78, 5) is 3.99. The summed E-state index contributed by atoms with van der Waals surface area (Å²) in [6.07, 6.45) is -5.35. The molecule has 1 aromatic carbocycles. The molecule has 0 aliphatic carbocycles. The van der Waals surface area contributed by atoms with Gasteiger partial charge in [0.1, 0.15) is 0 Å². The number of alkyl halides is 3. The lowest BCUT2D eigenvalue weighted by Gasteiger charge is -2.16. The molecule has 0 radical (unpaired) electrons. The maximum atomic E-state index is 13.0. The van der Waals surface area contributed by atoms with E-state index in [1.165, 1.54) is 6.07 Å². The van der Waals surface area contributed by atoms with E-state index in [-0.39, 0.29) is 12.1 Å². The summed E-state index contributed by atoms with van der Waals surface area (Å²) in [5.41, 5.74) is -0.00550. The van der Waals surface area contributed by atoms with Crippen LogP contribution in [0.2, 0.25) is 0 Å². The van der Waals surface area contributed by atoms with Crippen molar-refractivity contribution in [3.8, 4) is 0 Å². The summed E-state index contributed by atoms with van der Waals surface area (Å²) >= 11 is 0.